The van der Waals surface area contributed by atoms with Gasteiger partial charge >= 0.3 is 11.9 Å². The van der Waals surface area contributed by atoms with Crippen molar-refractivity contribution in [2.45, 2.75) is 32.2 Å². The van der Waals surface area contributed by atoms with Crippen LogP contribution in [0.15, 0.2) is 0 Å². The summed E-state index contributed by atoms with van der Waals surface area (Å²) in [6.45, 7) is 2.50. The van der Waals surface area contributed by atoms with Crippen LogP contribution in [0, 0.1) is 11.8 Å². The van der Waals surface area contributed by atoms with Gasteiger partial charge in [0.1, 0.15) is 6.04 Å². The fourth-order valence-corrected chi connectivity index (χ4v) is 4.10. The minimum atomic E-state index is -0.912. The predicted octanol–water partition coefficient (Wildman–Crippen LogP) is 0.994. The molecule has 6 nitrogen and oxygen atoms in total. The summed E-state index contributed by atoms with van der Waals surface area (Å²) in [4.78, 5) is 37.5. The van der Waals surface area contributed by atoms with E-state index in [2.05, 4.69) is 0 Å². The molecule has 2 aliphatic rings. The molecule has 1 saturated carbocycles. The second-order valence-corrected chi connectivity index (χ2v) is 6.51. The van der Waals surface area contributed by atoms with E-state index >= 15 is 0 Å². The number of carboxylic acids is 1. The van der Waals surface area contributed by atoms with Gasteiger partial charge in [0.25, 0.3) is 0 Å². The number of nitrogens with zero attached hydrogens (tertiary/aromatic N) is 1. The van der Waals surface area contributed by atoms with Gasteiger partial charge in [0, 0.05) is 18.1 Å². The van der Waals surface area contributed by atoms with Crippen LogP contribution in [0.5, 0.6) is 0 Å². The van der Waals surface area contributed by atoms with Crippen molar-refractivity contribution in [3.05, 3.63) is 0 Å². The van der Waals surface area contributed by atoms with E-state index in [-0.39, 0.29) is 18.5 Å². The fraction of sp³-hybridized carbons (Fsp3) is 0.786. The number of hydrogen-bond acceptors (Lipinski definition) is 5. The summed E-state index contributed by atoms with van der Waals surface area (Å²) < 4.78 is 5.04. The second-order valence-electron chi connectivity index (χ2n) is 5.36. The molecule has 21 heavy (non-hydrogen) atoms. The molecular formula is C14H21NO5S. The third-order valence-electron chi connectivity index (χ3n) is 4.12. The van der Waals surface area contributed by atoms with Gasteiger partial charge in [0.15, 0.2) is 0 Å². The fourth-order valence-electron chi connectivity index (χ4n) is 3.07. The number of ether oxygens (including phenoxy) is 1. The van der Waals surface area contributed by atoms with Crippen LogP contribution in [-0.4, -0.2) is 58.6 Å². The summed E-state index contributed by atoms with van der Waals surface area (Å²) in [5.74, 6) is -1.32. The molecular weight excluding hydrogens is 294 g/mol. The molecule has 1 aliphatic heterocycles. The van der Waals surface area contributed by atoms with Gasteiger partial charge in [-0.15, -0.1) is 0 Å². The van der Waals surface area contributed by atoms with Crippen molar-refractivity contribution in [2.75, 3.05) is 24.7 Å². The molecule has 7 heteroatoms. The number of thioether (sulfide) groups is 1. The largest absolute Gasteiger partial charge is 0.481 e. The average molecular weight is 315 g/mol. The Labute approximate surface area is 128 Å². The maximum atomic E-state index is 12.7. The first-order chi connectivity index (χ1) is 10.1. The first-order valence-corrected chi connectivity index (χ1v) is 8.49. The van der Waals surface area contributed by atoms with Gasteiger partial charge in [-0.1, -0.05) is 6.42 Å². The molecule has 0 aromatic carbocycles. The highest BCUT2D eigenvalue weighted by Crippen LogP contribution is 2.34. The minimum Gasteiger partial charge on any atom is -0.481 e. The van der Waals surface area contributed by atoms with E-state index in [1.807, 2.05) is 0 Å². The zero-order valence-corrected chi connectivity index (χ0v) is 12.9. The van der Waals surface area contributed by atoms with Gasteiger partial charge in [-0.2, -0.15) is 11.8 Å². The Balaban J connectivity index is 2.11. The van der Waals surface area contributed by atoms with E-state index in [9.17, 15) is 19.5 Å². The third-order valence-corrected chi connectivity index (χ3v) is 5.14. The number of aliphatic carboxylic acids is 1. The minimum absolute atomic E-state index is 0.196. The molecule has 0 bridgehead atoms. The summed E-state index contributed by atoms with van der Waals surface area (Å²) in [7, 11) is 0. The number of hydrogen-bond donors (Lipinski definition) is 1. The van der Waals surface area contributed by atoms with Crippen molar-refractivity contribution >= 4 is 29.6 Å². The number of carbonyl (C=O) groups excluding carboxylic acids is 2. The van der Waals surface area contributed by atoms with Crippen molar-refractivity contribution in [1.82, 2.24) is 4.90 Å². The van der Waals surface area contributed by atoms with Crippen LogP contribution in [0.2, 0.25) is 0 Å². The Bertz CT molecular complexity index is 428. The normalized spacial score (nSPS) is 29.2. The van der Waals surface area contributed by atoms with Crippen LogP contribution in [0.4, 0.5) is 0 Å². The number of esters is 1. The van der Waals surface area contributed by atoms with Crippen LogP contribution in [0.1, 0.15) is 26.2 Å². The standard InChI is InChI=1S/C14H21NO5S/c1-2-20-14(19)11-8-21-7-6-15(11)12(16)9-4-3-5-10(9)13(17)18/h9-11H,2-8H2,1H3,(H,17,18). The van der Waals surface area contributed by atoms with Gasteiger partial charge < -0.3 is 14.7 Å². The molecule has 3 atom stereocenters. The lowest BCUT2D eigenvalue weighted by Crippen LogP contribution is -2.53. The number of carboxylic acid groups (broad SMARTS) is 1. The van der Waals surface area contributed by atoms with Gasteiger partial charge in [-0.25, -0.2) is 4.79 Å². The molecule has 1 amide bonds. The van der Waals surface area contributed by atoms with Crippen LogP contribution < -0.4 is 0 Å². The van der Waals surface area contributed by atoms with Crippen LogP contribution in [0.3, 0.4) is 0 Å². The zero-order chi connectivity index (χ0) is 15.4. The SMILES string of the molecule is CCOC(=O)C1CSCCN1C(=O)C1CCCC1C(=O)O. The van der Waals surface area contributed by atoms with Crippen molar-refractivity contribution in [3.8, 4) is 0 Å². The summed E-state index contributed by atoms with van der Waals surface area (Å²) in [5, 5.41) is 9.22. The molecule has 0 radical (unpaired) electrons. The summed E-state index contributed by atoms with van der Waals surface area (Å²) in [6, 6.07) is -0.578. The molecule has 2 fully saturated rings. The monoisotopic (exact) mass is 315 g/mol. The maximum Gasteiger partial charge on any atom is 0.329 e. The van der Waals surface area contributed by atoms with E-state index in [1.165, 1.54) is 0 Å². The second kappa shape index (κ2) is 7.15. The highest BCUT2D eigenvalue weighted by Gasteiger charge is 2.43. The number of rotatable bonds is 4. The smallest absolute Gasteiger partial charge is 0.329 e. The molecule has 1 saturated heterocycles. The zero-order valence-electron chi connectivity index (χ0n) is 12.1. The number of amides is 1. The topological polar surface area (TPSA) is 83.9 Å². The summed E-state index contributed by atoms with van der Waals surface area (Å²) in [6.07, 6.45) is 1.88. The molecule has 1 aliphatic carbocycles. The Kier molecular flexibility index (Phi) is 5.50. The van der Waals surface area contributed by atoms with Crippen LogP contribution in [0.25, 0.3) is 0 Å². The summed E-state index contributed by atoms with van der Waals surface area (Å²) in [5.41, 5.74) is 0. The first kappa shape index (κ1) is 16.1. The lowest BCUT2D eigenvalue weighted by Gasteiger charge is -2.36. The van der Waals surface area contributed by atoms with Crippen molar-refractivity contribution < 1.29 is 24.2 Å². The molecule has 0 spiro atoms. The average Bonchev–Trinajstić information content (AvgIpc) is 2.96. The van der Waals surface area contributed by atoms with Crippen molar-refractivity contribution in [1.29, 1.82) is 0 Å². The molecule has 0 aromatic rings. The Morgan fingerprint density at radius 3 is 2.67 bits per heavy atom. The van der Waals surface area contributed by atoms with Crippen LogP contribution >= 0.6 is 11.8 Å². The lowest BCUT2D eigenvalue weighted by atomic mass is 9.94. The van der Waals surface area contributed by atoms with Crippen LogP contribution in [-0.2, 0) is 19.1 Å². The van der Waals surface area contributed by atoms with E-state index < -0.39 is 23.8 Å². The van der Waals surface area contributed by atoms with Gasteiger partial charge in [-0.05, 0) is 19.8 Å². The van der Waals surface area contributed by atoms with Crippen molar-refractivity contribution in [3.63, 3.8) is 0 Å². The van der Waals surface area contributed by atoms with E-state index in [1.54, 1.807) is 23.6 Å². The van der Waals surface area contributed by atoms with Gasteiger partial charge in [-0.3, -0.25) is 9.59 Å². The molecule has 2 rings (SSSR count). The maximum absolute atomic E-state index is 12.7. The lowest BCUT2D eigenvalue weighted by molar-refractivity contribution is -0.157. The first-order valence-electron chi connectivity index (χ1n) is 7.34. The molecule has 1 heterocycles. The Morgan fingerprint density at radius 1 is 1.29 bits per heavy atom. The van der Waals surface area contributed by atoms with E-state index in [0.29, 0.717) is 25.1 Å². The molecule has 0 aromatic heterocycles. The third kappa shape index (κ3) is 3.51. The molecule has 118 valence electrons. The van der Waals surface area contributed by atoms with Gasteiger partial charge in [0.05, 0.1) is 18.4 Å². The van der Waals surface area contributed by atoms with E-state index in [0.717, 1.165) is 12.2 Å². The van der Waals surface area contributed by atoms with E-state index in [4.69, 9.17) is 4.74 Å². The number of carbonyl (C=O) groups is 3. The summed E-state index contributed by atoms with van der Waals surface area (Å²) >= 11 is 1.62. The quantitative estimate of drug-likeness (QED) is 0.779. The van der Waals surface area contributed by atoms with Crippen molar-refractivity contribution in [2.24, 2.45) is 11.8 Å². The molecule has 1 N–H and O–H groups in total. The highest BCUT2D eigenvalue weighted by molar-refractivity contribution is 7.99. The predicted molar refractivity (Wildman–Crippen MR) is 77.9 cm³/mol. The van der Waals surface area contributed by atoms with Gasteiger partial charge in [0.2, 0.25) is 5.91 Å². The Morgan fingerprint density at radius 2 is 2.00 bits per heavy atom. The molecule has 3 unspecified atom stereocenters. The highest BCUT2D eigenvalue weighted by atomic mass is 32.2. The Hall–Kier alpha value is -1.24.